The quantitative estimate of drug-likeness (QED) is 0.794. The van der Waals surface area contributed by atoms with Gasteiger partial charge in [-0.3, -0.25) is 9.69 Å². The number of ether oxygens (including phenoxy) is 1. The van der Waals surface area contributed by atoms with Crippen LogP contribution in [0, 0.1) is 0 Å². The lowest BCUT2D eigenvalue weighted by Crippen LogP contribution is -2.46. The number of rotatable bonds is 4. The highest BCUT2D eigenvalue weighted by Gasteiger charge is 2.23. The van der Waals surface area contributed by atoms with Gasteiger partial charge >= 0.3 is 0 Å². The highest BCUT2D eigenvalue weighted by Crippen LogP contribution is 2.26. The summed E-state index contributed by atoms with van der Waals surface area (Å²) in [6.07, 6.45) is 0.867. The van der Waals surface area contributed by atoms with Crippen LogP contribution in [0.2, 0.25) is 10.0 Å². The van der Waals surface area contributed by atoms with Crippen LogP contribution in [0.1, 0.15) is 30.6 Å². The SMILES string of the molecule is CC1CN(CCC(=O)c2cccc(Cl)c2Cl)CC(C)O1. The molecule has 1 aliphatic rings. The van der Waals surface area contributed by atoms with Crippen LogP contribution in [0.5, 0.6) is 0 Å². The van der Waals surface area contributed by atoms with Crippen LogP contribution in [0.4, 0.5) is 0 Å². The first-order valence-electron chi connectivity index (χ1n) is 6.82. The van der Waals surface area contributed by atoms with Crippen LogP contribution < -0.4 is 0 Å². The van der Waals surface area contributed by atoms with E-state index in [0.717, 1.165) is 19.6 Å². The molecule has 0 saturated carbocycles. The zero-order chi connectivity index (χ0) is 14.7. The van der Waals surface area contributed by atoms with Crippen LogP contribution in [0.15, 0.2) is 18.2 Å². The van der Waals surface area contributed by atoms with Crippen molar-refractivity contribution in [2.75, 3.05) is 19.6 Å². The summed E-state index contributed by atoms with van der Waals surface area (Å²) in [7, 11) is 0. The zero-order valence-corrected chi connectivity index (χ0v) is 13.2. The third-order valence-electron chi connectivity index (χ3n) is 3.40. The molecule has 1 fully saturated rings. The first-order valence-corrected chi connectivity index (χ1v) is 7.58. The Morgan fingerprint density at radius 3 is 2.60 bits per heavy atom. The van der Waals surface area contributed by atoms with E-state index in [-0.39, 0.29) is 18.0 Å². The lowest BCUT2D eigenvalue weighted by Gasteiger charge is -2.35. The Morgan fingerprint density at radius 1 is 1.30 bits per heavy atom. The summed E-state index contributed by atoms with van der Waals surface area (Å²) in [5, 5.41) is 0.772. The highest BCUT2D eigenvalue weighted by atomic mass is 35.5. The fourth-order valence-corrected chi connectivity index (χ4v) is 2.99. The molecular weight excluding hydrogens is 297 g/mol. The van der Waals surface area contributed by atoms with Crippen molar-refractivity contribution in [2.45, 2.75) is 32.5 Å². The number of hydrogen-bond donors (Lipinski definition) is 0. The number of Topliss-reactive ketones (excluding diaryl/α,β-unsaturated/α-hetero) is 1. The predicted octanol–water partition coefficient (Wildman–Crippen LogP) is 3.68. The van der Waals surface area contributed by atoms with Crippen molar-refractivity contribution < 1.29 is 9.53 Å². The lowest BCUT2D eigenvalue weighted by atomic mass is 10.1. The number of carbonyl (C=O) groups is 1. The normalized spacial score (nSPS) is 23.8. The molecule has 1 aromatic carbocycles. The average molecular weight is 316 g/mol. The van der Waals surface area contributed by atoms with Crippen LogP contribution in [0.25, 0.3) is 0 Å². The molecule has 5 heteroatoms. The second-order valence-corrected chi connectivity index (χ2v) is 6.08. The minimum atomic E-state index is 0.0318. The van der Waals surface area contributed by atoms with Gasteiger partial charge in [-0.15, -0.1) is 0 Å². The van der Waals surface area contributed by atoms with Gasteiger partial charge in [0.1, 0.15) is 0 Å². The van der Waals surface area contributed by atoms with Crippen molar-refractivity contribution in [3.8, 4) is 0 Å². The number of benzene rings is 1. The van der Waals surface area contributed by atoms with E-state index in [1.807, 2.05) is 0 Å². The monoisotopic (exact) mass is 315 g/mol. The summed E-state index contributed by atoms with van der Waals surface area (Å²) in [6, 6.07) is 5.16. The molecule has 2 atom stereocenters. The molecule has 0 aromatic heterocycles. The van der Waals surface area contributed by atoms with Crippen molar-refractivity contribution >= 4 is 29.0 Å². The van der Waals surface area contributed by atoms with E-state index >= 15 is 0 Å². The molecule has 3 nitrogen and oxygen atoms in total. The molecule has 110 valence electrons. The van der Waals surface area contributed by atoms with E-state index < -0.39 is 0 Å². The van der Waals surface area contributed by atoms with Crippen molar-refractivity contribution in [3.05, 3.63) is 33.8 Å². The van der Waals surface area contributed by atoms with Crippen molar-refractivity contribution in [3.63, 3.8) is 0 Å². The van der Waals surface area contributed by atoms with Crippen molar-refractivity contribution in [2.24, 2.45) is 0 Å². The molecule has 20 heavy (non-hydrogen) atoms. The van der Waals surface area contributed by atoms with Crippen molar-refractivity contribution in [1.29, 1.82) is 0 Å². The van der Waals surface area contributed by atoms with Gasteiger partial charge in [0.25, 0.3) is 0 Å². The average Bonchev–Trinajstić information content (AvgIpc) is 2.38. The molecule has 0 bridgehead atoms. The van der Waals surface area contributed by atoms with Crippen LogP contribution in [-0.4, -0.2) is 42.5 Å². The first-order chi connectivity index (χ1) is 9.47. The summed E-state index contributed by atoms with van der Waals surface area (Å²) in [4.78, 5) is 14.5. The van der Waals surface area contributed by atoms with Crippen LogP contribution >= 0.6 is 23.2 Å². The largest absolute Gasteiger partial charge is 0.373 e. The molecule has 2 unspecified atom stereocenters. The Bertz CT molecular complexity index is 483. The smallest absolute Gasteiger partial charge is 0.165 e. The molecular formula is C15H19Cl2NO2. The molecule has 0 radical (unpaired) electrons. The summed E-state index contributed by atoms with van der Waals surface area (Å²) in [5.41, 5.74) is 0.508. The Balaban J connectivity index is 1.93. The number of morpholine rings is 1. The van der Waals surface area contributed by atoms with Crippen LogP contribution in [-0.2, 0) is 4.74 Å². The number of halogens is 2. The van der Waals surface area contributed by atoms with E-state index in [1.165, 1.54) is 0 Å². The third-order valence-corrected chi connectivity index (χ3v) is 4.22. The maximum Gasteiger partial charge on any atom is 0.165 e. The molecule has 2 rings (SSSR count). The van der Waals surface area contributed by atoms with Gasteiger partial charge in [0.15, 0.2) is 5.78 Å². The molecule has 1 aromatic rings. The fraction of sp³-hybridized carbons (Fsp3) is 0.533. The zero-order valence-electron chi connectivity index (χ0n) is 11.7. The second kappa shape index (κ2) is 6.90. The molecule has 0 aliphatic carbocycles. The third kappa shape index (κ3) is 3.95. The van der Waals surface area contributed by atoms with E-state index in [1.54, 1.807) is 18.2 Å². The number of hydrogen-bond acceptors (Lipinski definition) is 3. The van der Waals surface area contributed by atoms with Gasteiger partial charge < -0.3 is 4.74 Å². The second-order valence-electron chi connectivity index (χ2n) is 5.29. The molecule has 0 amide bonds. The van der Waals surface area contributed by atoms with Crippen LogP contribution in [0.3, 0.4) is 0 Å². The van der Waals surface area contributed by atoms with E-state index in [2.05, 4.69) is 18.7 Å². The van der Waals surface area contributed by atoms with E-state index in [0.29, 0.717) is 22.0 Å². The van der Waals surface area contributed by atoms with Gasteiger partial charge in [-0.2, -0.15) is 0 Å². The van der Waals surface area contributed by atoms with E-state index in [9.17, 15) is 4.79 Å². The summed E-state index contributed by atoms with van der Waals surface area (Å²) in [6.45, 7) is 6.55. The highest BCUT2D eigenvalue weighted by molar-refractivity contribution is 6.43. The lowest BCUT2D eigenvalue weighted by molar-refractivity contribution is -0.0675. The topological polar surface area (TPSA) is 29.5 Å². The maximum atomic E-state index is 12.2. The number of ketones is 1. The summed E-state index contributed by atoms with van der Waals surface area (Å²) in [5.74, 6) is 0.0318. The van der Waals surface area contributed by atoms with Gasteiger partial charge in [-0.25, -0.2) is 0 Å². The van der Waals surface area contributed by atoms with Gasteiger partial charge in [-0.05, 0) is 26.0 Å². The number of carbonyl (C=O) groups excluding carboxylic acids is 1. The molecule has 0 spiro atoms. The van der Waals surface area contributed by atoms with Crippen molar-refractivity contribution in [1.82, 2.24) is 4.90 Å². The summed E-state index contributed by atoms with van der Waals surface area (Å²) >= 11 is 12.0. The molecule has 1 aliphatic heterocycles. The fourth-order valence-electron chi connectivity index (χ4n) is 2.58. The standard InChI is InChI=1S/C15H19Cl2NO2/c1-10-8-18(9-11(2)20-10)7-6-14(19)12-4-3-5-13(16)15(12)17/h3-5,10-11H,6-9H2,1-2H3. The maximum absolute atomic E-state index is 12.2. The van der Waals surface area contributed by atoms with Gasteiger partial charge in [-0.1, -0.05) is 29.3 Å². The van der Waals surface area contributed by atoms with Gasteiger partial charge in [0.05, 0.1) is 22.3 Å². The Hall–Kier alpha value is -0.610. The Kier molecular flexibility index (Phi) is 5.44. The van der Waals surface area contributed by atoms with Gasteiger partial charge in [0, 0.05) is 31.6 Å². The first kappa shape index (κ1) is 15.8. The minimum absolute atomic E-state index is 0.0318. The minimum Gasteiger partial charge on any atom is -0.373 e. The predicted molar refractivity (Wildman–Crippen MR) is 81.9 cm³/mol. The Morgan fingerprint density at radius 2 is 1.95 bits per heavy atom. The number of nitrogens with zero attached hydrogens (tertiary/aromatic N) is 1. The Labute approximate surface area is 129 Å². The molecule has 0 N–H and O–H groups in total. The van der Waals surface area contributed by atoms with Gasteiger partial charge in [0.2, 0.25) is 0 Å². The molecule has 1 heterocycles. The molecule has 1 saturated heterocycles. The van der Waals surface area contributed by atoms with E-state index in [4.69, 9.17) is 27.9 Å². The summed E-state index contributed by atoms with van der Waals surface area (Å²) < 4.78 is 5.68.